The average Bonchev–Trinajstić information content (AvgIpc) is 2.49. The number of fused-ring (bicyclic) bond motifs is 1. The summed E-state index contributed by atoms with van der Waals surface area (Å²) in [7, 11) is 0. The number of hydrogen-bond acceptors (Lipinski definition) is 6. The number of aliphatic hydroxyl groups excluding tert-OH is 1. The second-order valence-electron chi connectivity index (χ2n) is 5.61. The molecule has 1 fully saturated rings. The number of β-amino-alcohol motifs (C(OH)–C–C–N with tert-alkyl or cyclic N) is 1. The molecule has 6 heteroatoms. The van der Waals surface area contributed by atoms with Crippen molar-refractivity contribution < 1.29 is 14.6 Å². The molecule has 0 saturated carbocycles. The van der Waals surface area contributed by atoms with Crippen molar-refractivity contribution >= 4 is 11.0 Å². The van der Waals surface area contributed by atoms with Crippen molar-refractivity contribution in [3.63, 3.8) is 0 Å². The summed E-state index contributed by atoms with van der Waals surface area (Å²) in [5.74, 6) is 0.0883. The molecule has 0 spiro atoms. The summed E-state index contributed by atoms with van der Waals surface area (Å²) < 4.78 is 5.15. The number of aliphatic hydroxyl groups is 1. The molecule has 1 saturated heterocycles. The van der Waals surface area contributed by atoms with E-state index in [1.54, 1.807) is 12.1 Å². The number of aromatic hydroxyl groups is 1. The fraction of sp³-hybridized carbons (Fsp3) is 0.438. The Morgan fingerprint density at radius 3 is 2.55 bits per heavy atom. The molecule has 0 unspecified atom stereocenters. The summed E-state index contributed by atoms with van der Waals surface area (Å²) in [4.78, 5) is 16.2. The fourth-order valence-corrected chi connectivity index (χ4v) is 2.90. The van der Waals surface area contributed by atoms with Crippen molar-refractivity contribution in [1.82, 2.24) is 9.80 Å². The van der Waals surface area contributed by atoms with Crippen molar-refractivity contribution in [3.8, 4) is 5.75 Å². The number of nitrogens with zero attached hydrogens (tertiary/aromatic N) is 2. The Labute approximate surface area is 128 Å². The van der Waals surface area contributed by atoms with Crippen LogP contribution in [0.2, 0.25) is 0 Å². The van der Waals surface area contributed by atoms with Crippen molar-refractivity contribution in [2.24, 2.45) is 0 Å². The van der Waals surface area contributed by atoms with Crippen LogP contribution in [0.1, 0.15) is 5.56 Å². The first kappa shape index (κ1) is 15.0. The van der Waals surface area contributed by atoms with Gasteiger partial charge in [-0.3, -0.25) is 9.80 Å². The van der Waals surface area contributed by atoms with E-state index >= 15 is 0 Å². The van der Waals surface area contributed by atoms with Crippen LogP contribution in [0.5, 0.6) is 5.75 Å². The third kappa shape index (κ3) is 3.30. The summed E-state index contributed by atoms with van der Waals surface area (Å²) >= 11 is 0. The molecule has 2 N–H and O–H groups in total. The maximum atomic E-state index is 11.7. The average molecular weight is 304 g/mol. The SMILES string of the molecule is O=c1cc(CN2CCN(CCO)CC2)c2ccc(O)cc2o1. The van der Waals surface area contributed by atoms with Gasteiger partial charge in [-0.1, -0.05) is 0 Å². The van der Waals surface area contributed by atoms with Crippen LogP contribution in [-0.2, 0) is 6.54 Å². The molecule has 2 heterocycles. The molecule has 1 aliphatic heterocycles. The summed E-state index contributed by atoms with van der Waals surface area (Å²) in [6, 6.07) is 6.38. The first-order chi connectivity index (χ1) is 10.7. The van der Waals surface area contributed by atoms with Gasteiger partial charge in [-0.25, -0.2) is 4.79 Å². The highest BCUT2D eigenvalue weighted by Gasteiger charge is 2.17. The van der Waals surface area contributed by atoms with Gasteiger partial charge in [0.05, 0.1) is 6.61 Å². The molecule has 0 radical (unpaired) electrons. The third-order valence-electron chi connectivity index (χ3n) is 4.09. The van der Waals surface area contributed by atoms with Crippen LogP contribution in [-0.4, -0.2) is 59.3 Å². The molecule has 1 aromatic heterocycles. The van der Waals surface area contributed by atoms with Crippen molar-refractivity contribution in [3.05, 3.63) is 40.2 Å². The van der Waals surface area contributed by atoms with Crippen LogP contribution in [0.3, 0.4) is 0 Å². The van der Waals surface area contributed by atoms with Gasteiger partial charge in [0.15, 0.2) is 0 Å². The monoisotopic (exact) mass is 304 g/mol. The lowest BCUT2D eigenvalue weighted by Gasteiger charge is -2.34. The highest BCUT2D eigenvalue weighted by Crippen LogP contribution is 2.23. The van der Waals surface area contributed by atoms with E-state index in [2.05, 4.69) is 9.80 Å². The van der Waals surface area contributed by atoms with Gasteiger partial charge >= 0.3 is 5.63 Å². The molecule has 0 atom stereocenters. The number of benzene rings is 1. The van der Waals surface area contributed by atoms with Gasteiger partial charge in [0, 0.05) is 56.8 Å². The van der Waals surface area contributed by atoms with E-state index in [4.69, 9.17) is 9.52 Å². The van der Waals surface area contributed by atoms with Gasteiger partial charge in [0.25, 0.3) is 0 Å². The second kappa shape index (κ2) is 6.48. The van der Waals surface area contributed by atoms with Gasteiger partial charge in [0.2, 0.25) is 0 Å². The van der Waals surface area contributed by atoms with Crippen molar-refractivity contribution in [2.45, 2.75) is 6.54 Å². The topological polar surface area (TPSA) is 77.2 Å². The molecular weight excluding hydrogens is 284 g/mol. The van der Waals surface area contributed by atoms with E-state index in [-0.39, 0.29) is 12.4 Å². The number of rotatable bonds is 4. The lowest BCUT2D eigenvalue weighted by atomic mass is 10.1. The predicted molar refractivity (Wildman–Crippen MR) is 83.0 cm³/mol. The minimum atomic E-state index is -0.396. The van der Waals surface area contributed by atoms with Gasteiger partial charge in [-0.15, -0.1) is 0 Å². The molecule has 22 heavy (non-hydrogen) atoms. The van der Waals surface area contributed by atoms with E-state index in [1.807, 2.05) is 0 Å². The van der Waals surface area contributed by atoms with Crippen LogP contribution in [0.25, 0.3) is 11.0 Å². The molecular formula is C16H20N2O4. The first-order valence-electron chi connectivity index (χ1n) is 7.47. The fourth-order valence-electron chi connectivity index (χ4n) is 2.90. The zero-order valence-electron chi connectivity index (χ0n) is 12.4. The van der Waals surface area contributed by atoms with E-state index in [0.717, 1.165) is 37.1 Å². The van der Waals surface area contributed by atoms with Gasteiger partial charge in [-0.05, 0) is 17.7 Å². The molecule has 1 aromatic carbocycles. The maximum absolute atomic E-state index is 11.7. The summed E-state index contributed by atoms with van der Waals surface area (Å²) in [5.41, 5.74) is 0.940. The number of hydrogen-bond donors (Lipinski definition) is 2. The van der Waals surface area contributed by atoms with Crippen molar-refractivity contribution in [1.29, 1.82) is 0 Å². The van der Waals surface area contributed by atoms with E-state index < -0.39 is 5.63 Å². The van der Waals surface area contributed by atoms with Crippen molar-refractivity contribution in [2.75, 3.05) is 39.3 Å². The maximum Gasteiger partial charge on any atom is 0.336 e. The van der Waals surface area contributed by atoms with Crippen LogP contribution in [0, 0.1) is 0 Å². The van der Waals surface area contributed by atoms with Gasteiger partial charge in [0.1, 0.15) is 11.3 Å². The van der Waals surface area contributed by atoms with E-state index in [0.29, 0.717) is 18.7 Å². The minimum Gasteiger partial charge on any atom is -0.508 e. The Bertz CT molecular complexity index is 705. The second-order valence-corrected chi connectivity index (χ2v) is 5.61. The summed E-state index contributed by atoms with van der Waals surface area (Å²) in [6.45, 7) is 5.22. The minimum absolute atomic E-state index is 0.0883. The van der Waals surface area contributed by atoms with Crippen LogP contribution in [0.4, 0.5) is 0 Å². The molecule has 118 valence electrons. The quantitative estimate of drug-likeness (QED) is 0.806. The lowest BCUT2D eigenvalue weighted by molar-refractivity contribution is 0.108. The smallest absolute Gasteiger partial charge is 0.336 e. The molecule has 2 aromatic rings. The predicted octanol–water partition coefficient (Wildman–Crippen LogP) is 0.609. The van der Waals surface area contributed by atoms with E-state index in [9.17, 15) is 9.90 Å². The first-order valence-corrected chi connectivity index (χ1v) is 7.47. The molecule has 1 aliphatic rings. The van der Waals surface area contributed by atoms with Crippen LogP contribution in [0.15, 0.2) is 33.5 Å². The molecule has 0 amide bonds. The zero-order valence-corrected chi connectivity index (χ0v) is 12.4. The van der Waals surface area contributed by atoms with E-state index in [1.165, 1.54) is 12.1 Å². The third-order valence-corrected chi connectivity index (χ3v) is 4.09. The Morgan fingerprint density at radius 1 is 1.09 bits per heavy atom. The number of piperazine rings is 1. The Hall–Kier alpha value is -1.89. The molecule has 6 nitrogen and oxygen atoms in total. The standard InChI is InChI=1S/C16H20N2O4/c19-8-7-17-3-5-18(6-4-17)11-12-9-16(21)22-15-10-13(20)1-2-14(12)15/h1-2,9-10,19-20H,3-8,11H2. The zero-order chi connectivity index (χ0) is 15.5. The van der Waals surface area contributed by atoms with Gasteiger partial charge in [-0.2, -0.15) is 0 Å². The highest BCUT2D eigenvalue weighted by molar-refractivity contribution is 5.81. The van der Waals surface area contributed by atoms with Gasteiger partial charge < -0.3 is 14.6 Å². The number of phenolic OH excluding ortho intramolecular Hbond substituents is 1. The Kier molecular flexibility index (Phi) is 4.42. The highest BCUT2D eigenvalue weighted by atomic mass is 16.4. The Balaban J connectivity index is 1.78. The molecule has 0 aliphatic carbocycles. The normalized spacial score (nSPS) is 17.1. The largest absolute Gasteiger partial charge is 0.508 e. The Morgan fingerprint density at radius 2 is 1.82 bits per heavy atom. The van der Waals surface area contributed by atoms with Crippen LogP contribution >= 0.6 is 0 Å². The summed E-state index contributed by atoms with van der Waals surface area (Å²) in [6.07, 6.45) is 0. The molecule has 3 rings (SSSR count). The number of phenols is 1. The van der Waals surface area contributed by atoms with Crippen LogP contribution < -0.4 is 5.63 Å². The lowest BCUT2D eigenvalue weighted by Crippen LogP contribution is -2.46. The summed E-state index contributed by atoms with van der Waals surface area (Å²) in [5, 5.41) is 19.3. The molecule has 0 bridgehead atoms.